The van der Waals surface area contributed by atoms with Gasteiger partial charge in [-0.1, -0.05) is 51.7 Å². The van der Waals surface area contributed by atoms with E-state index < -0.39 is 5.97 Å². The first kappa shape index (κ1) is 15.5. The van der Waals surface area contributed by atoms with E-state index in [0.29, 0.717) is 0 Å². The molecule has 0 unspecified atom stereocenters. The van der Waals surface area contributed by atoms with Gasteiger partial charge in [0.2, 0.25) is 0 Å². The predicted molar refractivity (Wildman–Crippen MR) is 76.9 cm³/mol. The number of carbonyl (C=O) groups is 1. The van der Waals surface area contributed by atoms with Crippen molar-refractivity contribution in [3.05, 3.63) is 29.3 Å². The summed E-state index contributed by atoms with van der Waals surface area (Å²) in [5.41, 5.74) is 0.803. The zero-order chi connectivity index (χ0) is 14.3. The predicted octanol–water partition coefficient (Wildman–Crippen LogP) is 4.55. The molecule has 106 valence electrons. The summed E-state index contributed by atoms with van der Waals surface area (Å²) >= 11 is 0. The lowest BCUT2D eigenvalue weighted by Crippen LogP contribution is -2.04. The number of para-hydroxylation sites is 1. The van der Waals surface area contributed by atoms with Crippen LogP contribution in [-0.2, 0) is 0 Å². The van der Waals surface area contributed by atoms with Crippen LogP contribution in [0.2, 0.25) is 0 Å². The molecule has 1 aromatic rings. The molecule has 0 heterocycles. The third kappa shape index (κ3) is 4.27. The first-order valence-electron chi connectivity index (χ1n) is 7.16. The standard InChI is InChI=1S/C16H24O3/c1-3-5-8-12(9-6-4-2)13-10-7-11-14(15(13)17)16(18)19/h7,10-12,17H,3-6,8-9H2,1-2H3,(H,18,19). The zero-order valence-corrected chi connectivity index (χ0v) is 11.9. The Labute approximate surface area is 115 Å². The van der Waals surface area contributed by atoms with Crippen LogP contribution in [0.5, 0.6) is 5.75 Å². The highest BCUT2D eigenvalue weighted by atomic mass is 16.4. The van der Waals surface area contributed by atoms with Crippen molar-refractivity contribution in [2.75, 3.05) is 0 Å². The van der Waals surface area contributed by atoms with Crippen LogP contribution < -0.4 is 0 Å². The molecule has 0 saturated carbocycles. The van der Waals surface area contributed by atoms with E-state index in [4.69, 9.17) is 5.11 Å². The van der Waals surface area contributed by atoms with E-state index in [1.807, 2.05) is 6.07 Å². The van der Waals surface area contributed by atoms with Gasteiger partial charge < -0.3 is 10.2 Å². The van der Waals surface area contributed by atoms with Crippen molar-refractivity contribution < 1.29 is 15.0 Å². The van der Waals surface area contributed by atoms with Crippen LogP contribution in [0.25, 0.3) is 0 Å². The fourth-order valence-corrected chi connectivity index (χ4v) is 2.42. The molecule has 0 saturated heterocycles. The molecule has 3 heteroatoms. The summed E-state index contributed by atoms with van der Waals surface area (Å²) < 4.78 is 0. The van der Waals surface area contributed by atoms with Crippen molar-refractivity contribution in [3.63, 3.8) is 0 Å². The van der Waals surface area contributed by atoms with Crippen LogP contribution in [0, 0.1) is 0 Å². The van der Waals surface area contributed by atoms with Gasteiger partial charge in [0.1, 0.15) is 11.3 Å². The first-order valence-corrected chi connectivity index (χ1v) is 7.16. The Hall–Kier alpha value is -1.51. The Morgan fingerprint density at radius 1 is 1.16 bits per heavy atom. The van der Waals surface area contributed by atoms with E-state index in [1.165, 1.54) is 6.07 Å². The lowest BCUT2D eigenvalue weighted by molar-refractivity contribution is 0.0693. The van der Waals surface area contributed by atoms with Crippen molar-refractivity contribution in [2.24, 2.45) is 0 Å². The highest BCUT2D eigenvalue weighted by Crippen LogP contribution is 2.35. The molecule has 0 aliphatic carbocycles. The van der Waals surface area contributed by atoms with E-state index >= 15 is 0 Å². The Morgan fingerprint density at radius 3 is 2.21 bits per heavy atom. The molecule has 0 aliphatic heterocycles. The van der Waals surface area contributed by atoms with Crippen molar-refractivity contribution in [1.29, 1.82) is 0 Å². The van der Waals surface area contributed by atoms with E-state index in [9.17, 15) is 9.90 Å². The normalized spacial score (nSPS) is 10.9. The molecule has 3 nitrogen and oxygen atoms in total. The number of phenols is 1. The molecular weight excluding hydrogens is 240 g/mol. The first-order chi connectivity index (χ1) is 9.11. The molecule has 0 aliphatic rings. The van der Waals surface area contributed by atoms with E-state index in [-0.39, 0.29) is 17.2 Å². The number of hydrogen-bond donors (Lipinski definition) is 2. The second kappa shape index (κ2) is 7.82. The summed E-state index contributed by atoms with van der Waals surface area (Å²) in [4.78, 5) is 11.1. The quantitative estimate of drug-likeness (QED) is 0.724. The number of aromatic hydroxyl groups is 1. The maximum Gasteiger partial charge on any atom is 0.339 e. The highest BCUT2D eigenvalue weighted by molar-refractivity contribution is 5.91. The molecule has 0 bridgehead atoms. The molecule has 0 spiro atoms. The summed E-state index contributed by atoms with van der Waals surface area (Å²) in [6, 6.07) is 5.04. The minimum absolute atomic E-state index is 0.00972. The van der Waals surface area contributed by atoms with Gasteiger partial charge in [0.05, 0.1) is 0 Å². The van der Waals surface area contributed by atoms with Gasteiger partial charge in [0.15, 0.2) is 0 Å². The number of unbranched alkanes of at least 4 members (excludes halogenated alkanes) is 2. The molecule has 0 fully saturated rings. The number of hydrogen-bond acceptors (Lipinski definition) is 2. The second-order valence-electron chi connectivity index (χ2n) is 5.03. The molecule has 0 aromatic heterocycles. The maximum absolute atomic E-state index is 11.1. The van der Waals surface area contributed by atoms with Crippen molar-refractivity contribution >= 4 is 5.97 Å². The Morgan fingerprint density at radius 2 is 1.74 bits per heavy atom. The van der Waals surface area contributed by atoms with E-state index in [0.717, 1.165) is 44.1 Å². The van der Waals surface area contributed by atoms with Crippen LogP contribution in [0.4, 0.5) is 0 Å². The summed E-state index contributed by atoms with van der Waals surface area (Å²) in [6.07, 6.45) is 6.44. The molecule has 1 aromatic carbocycles. The lowest BCUT2D eigenvalue weighted by atomic mass is 9.87. The lowest BCUT2D eigenvalue weighted by Gasteiger charge is -2.19. The van der Waals surface area contributed by atoms with Crippen molar-refractivity contribution in [1.82, 2.24) is 0 Å². The summed E-state index contributed by atoms with van der Waals surface area (Å²) in [5.74, 6) is -0.851. The number of benzene rings is 1. The zero-order valence-electron chi connectivity index (χ0n) is 11.9. The number of carboxylic acids is 1. The largest absolute Gasteiger partial charge is 0.507 e. The number of aromatic carboxylic acids is 1. The van der Waals surface area contributed by atoms with Gasteiger partial charge in [-0.25, -0.2) is 4.79 Å². The van der Waals surface area contributed by atoms with Gasteiger partial charge in [0, 0.05) is 0 Å². The molecule has 0 radical (unpaired) electrons. The van der Waals surface area contributed by atoms with Crippen molar-refractivity contribution in [2.45, 2.75) is 58.3 Å². The smallest absolute Gasteiger partial charge is 0.339 e. The highest BCUT2D eigenvalue weighted by Gasteiger charge is 2.19. The van der Waals surface area contributed by atoms with Gasteiger partial charge in [-0.15, -0.1) is 0 Å². The average Bonchev–Trinajstić information content (AvgIpc) is 2.39. The monoisotopic (exact) mass is 264 g/mol. The van der Waals surface area contributed by atoms with E-state index in [2.05, 4.69) is 13.8 Å². The summed E-state index contributed by atoms with van der Waals surface area (Å²) in [6.45, 7) is 4.29. The molecule has 0 amide bonds. The van der Waals surface area contributed by atoms with Crippen LogP contribution >= 0.6 is 0 Å². The van der Waals surface area contributed by atoms with Gasteiger partial charge in [-0.05, 0) is 30.4 Å². The van der Waals surface area contributed by atoms with Gasteiger partial charge >= 0.3 is 5.97 Å². The Bertz CT molecular complexity index is 404. The second-order valence-corrected chi connectivity index (χ2v) is 5.03. The maximum atomic E-state index is 11.1. The third-order valence-corrected chi connectivity index (χ3v) is 3.55. The van der Waals surface area contributed by atoms with Crippen LogP contribution in [0.3, 0.4) is 0 Å². The topological polar surface area (TPSA) is 57.5 Å². The number of rotatable bonds is 8. The van der Waals surface area contributed by atoms with Gasteiger partial charge in [-0.3, -0.25) is 0 Å². The molecule has 19 heavy (non-hydrogen) atoms. The fraction of sp³-hybridized carbons (Fsp3) is 0.562. The van der Waals surface area contributed by atoms with Crippen molar-refractivity contribution in [3.8, 4) is 5.75 Å². The summed E-state index contributed by atoms with van der Waals surface area (Å²) in [5, 5.41) is 19.2. The van der Waals surface area contributed by atoms with E-state index in [1.54, 1.807) is 6.07 Å². The molecule has 1 rings (SSSR count). The average molecular weight is 264 g/mol. The molecule has 2 N–H and O–H groups in total. The number of carboxylic acid groups (broad SMARTS) is 1. The summed E-state index contributed by atoms with van der Waals surface area (Å²) in [7, 11) is 0. The Kier molecular flexibility index (Phi) is 6.40. The minimum atomic E-state index is -1.07. The van der Waals surface area contributed by atoms with Gasteiger partial charge in [0.25, 0.3) is 0 Å². The SMILES string of the molecule is CCCCC(CCCC)c1cccc(C(=O)O)c1O. The fourth-order valence-electron chi connectivity index (χ4n) is 2.42. The Balaban J connectivity index is 2.99. The van der Waals surface area contributed by atoms with Crippen LogP contribution in [0.1, 0.15) is 74.2 Å². The van der Waals surface area contributed by atoms with Crippen LogP contribution in [0.15, 0.2) is 18.2 Å². The molecule has 0 atom stereocenters. The molecular formula is C16H24O3. The minimum Gasteiger partial charge on any atom is -0.507 e. The third-order valence-electron chi connectivity index (χ3n) is 3.55. The van der Waals surface area contributed by atoms with Crippen LogP contribution in [-0.4, -0.2) is 16.2 Å². The van der Waals surface area contributed by atoms with Gasteiger partial charge in [-0.2, -0.15) is 0 Å².